The number of nitrogens with zero attached hydrogens (tertiary/aromatic N) is 2. The van der Waals surface area contributed by atoms with E-state index in [-0.39, 0.29) is 12.1 Å². The van der Waals surface area contributed by atoms with Crippen LogP contribution in [0.25, 0.3) is 0 Å². The topological polar surface area (TPSA) is 43.8 Å². The predicted octanol–water partition coefficient (Wildman–Crippen LogP) is 2.45. The van der Waals surface area contributed by atoms with E-state index < -0.39 is 0 Å². The zero-order chi connectivity index (χ0) is 11.5. The van der Waals surface area contributed by atoms with Crippen LogP contribution in [0.15, 0.2) is 42.7 Å². The summed E-state index contributed by atoms with van der Waals surface area (Å²) in [6, 6.07) is 10.4. The van der Waals surface area contributed by atoms with E-state index in [4.69, 9.17) is 5.73 Å². The summed E-state index contributed by atoms with van der Waals surface area (Å²) in [4.78, 5) is 0. The maximum Gasteiger partial charge on any atom is 0.0683 e. The lowest BCUT2D eigenvalue weighted by Gasteiger charge is -2.20. The van der Waals surface area contributed by atoms with Gasteiger partial charge in [0.15, 0.2) is 0 Å². The molecule has 0 radical (unpaired) electrons. The minimum atomic E-state index is -0.0273. The molecule has 1 aromatic heterocycles. The summed E-state index contributed by atoms with van der Waals surface area (Å²) in [5.74, 6) is 0. The van der Waals surface area contributed by atoms with Crippen molar-refractivity contribution in [2.24, 2.45) is 5.73 Å². The van der Waals surface area contributed by atoms with E-state index >= 15 is 0 Å². The molecule has 1 heterocycles. The van der Waals surface area contributed by atoms with Gasteiger partial charge >= 0.3 is 0 Å². The molecule has 0 spiro atoms. The van der Waals surface area contributed by atoms with Crippen LogP contribution in [0.5, 0.6) is 0 Å². The van der Waals surface area contributed by atoms with Gasteiger partial charge in [-0.25, -0.2) is 0 Å². The van der Waals surface area contributed by atoms with E-state index in [1.165, 1.54) is 5.56 Å². The van der Waals surface area contributed by atoms with Crippen molar-refractivity contribution >= 4 is 0 Å². The summed E-state index contributed by atoms with van der Waals surface area (Å²) in [5, 5.41) is 4.22. The van der Waals surface area contributed by atoms with Gasteiger partial charge in [-0.15, -0.1) is 0 Å². The maximum atomic E-state index is 6.22. The Morgan fingerprint density at radius 2 is 1.94 bits per heavy atom. The van der Waals surface area contributed by atoms with Crippen LogP contribution < -0.4 is 5.73 Å². The largest absolute Gasteiger partial charge is 0.322 e. The van der Waals surface area contributed by atoms with Crippen LogP contribution in [-0.2, 0) is 0 Å². The summed E-state index contributed by atoms with van der Waals surface area (Å²) < 4.78 is 1.89. The lowest BCUT2D eigenvalue weighted by atomic mass is 10.0. The van der Waals surface area contributed by atoms with E-state index in [9.17, 15) is 0 Å². The molecule has 2 aromatic rings. The Kier molecular flexibility index (Phi) is 3.06. The van der Waals surface area contributed by atoms with Crippen molar-refractivity contribution in [1.29, 1.82) is 0 Å². The van der Waals surface area contributed by atoms with Crippen LogP contribution in [0.1, 0.15) is 30.1 Å². The second kappa shape index (κ2) is 4.49. The third kappa shape index (κ3) is 2.14. The van der Waals surface area contributed by atoms with E-state index in [2.05, 4.69) is 43.2 Å². The smallest absolute Gasteiger partial charge is 0.0683 e. The van der Waals surface area contributed by atoms with Crippen LogP contribution in [0.4, 0.5) is 0 Å². The molecule has 2 rings (SSSR count). The van der Waals surface area contributed by atoms with Crippen LogP contribution in [-0.4, -0.2) is 9.78 Å². The molecular formula is C13H17N3. The van der Waals surface area contributed by atoms with E-state index in [0.717, 1.165) is 5.56 Å². The molecule has 3 heteroatoms. The van der Waals surface area contributed by atoms with Gasteiger partial charge in [-0.05, 0) is 25.5 Å². The quantitative estimate of drug-likeness (QED) is 0.854. The molecule has 0 aliphatic heterocycles. The van der Waals surface area contributed by atoms with Crippen molar-refractivity contribution in [3.8, 4) is 0 Å². The van der Waals surface area contributed by atoms with Crippen molar-refractivity contribution in [1.82, 2.24) is 9.78 Å². The first-order chi connectivity index (χ1) is 7.68. The third-order valence-electron chi connectivity index (χ3n) is 2.92. The summed E-state index contributed by atoms with van der Waals surface area (Å²) in [6.45, 7) is 4.16. The van der Waals surface area contributed by atoms with Gasteiger partial charge in [0.1, 0.15) is 0 Å². The average molecular weight is 215 g/mol. The number of hydrogen-bond donors (Lipinski definition) is 1. The first-order valence-corrected chi connectivity index (χ1v) is 5.50. The highest BCUT2D eigenvalue weighted by atomic mass is 15.3. The molecule has 0 amide bonds. The normalized spacial score (nSPS) is 14.7. The van der Waals surface area contributed by atoms with Gasteiger partial charge in [0.2, 0.25) is 0 Å². The predicted molar refractivity (Wildman–Crippen MR) is 65.0 cm³/mol. The van der Waals surface area contributed by atoms with Crippen LogP contribution in [0, 0.1) is 6.92 Å². The van der Waals surface area contributed by atoms with E-state index in [1.807, 2.05) is 16.9 Å². The number of nitrogens with two attached hydrogens (primary N) is 1. The van der Waals surface area contributed by atoms with Crippen molar-refractivity contribution in [2.45, 2.75) is 25.9 Å². The summed E-state index contributed by atoms with van der Waals surface area (Å²) in [5.41, 5.74) is 8.62. The average Bonchev–Trinajstić information content (AvgIpc) is 2.81. The van der Waals surface area contributed by atoms with Gasteiger partial charge in [0.25, 0.3) is 0 Å². The Bertz CT molecular complexity index is 431. The Hall–Kier alpha value is -1.61. The first kappa shape index (κ1) is 10.9. The van der Waals surface area contributed by atoms with Gasteiger partial charge in [-0.1, -0.05) is 29.8 Å². The fourth-order valence-electron chi connectivity index (χ4n) is 1.75. The summed E-state index contributed by atoms with van der Waals surface area (Å²) >= 11 is 0. The molecule has 2 atom stereocenters. The van der Waals surface area contributed by atoms with Gasteiger partial charge in [-0.2, -0.15) is 5.10 Å². The second-order valence-corrected chi connectivity index (χ2v) is 4.16. The van der Waals surface area contributed by atoms with Crippen LogP contribution >= 0.6 is 0 Å². The molecule has 16 heavy (non-hydrogen) atoms. The number of benzene rings is 1. The Labute approximate surface area is 95.9 Å². The fraction of sp³-hybridized carbons (Fsp3) is 0.308. The first-order valence-electron chi connectivity index (χ1n) is 5.50. The molecule has 0 saturated heterocycles. The maximum absolute atomic E-state index is 6.22. The highest BCUT2D eigenvalue weighted by Gasteiger charge is 2.16. The lowest BCUT2D eigenvalue weighted by Crippen LogP contribution is -2.22. The van der Waals surface area contributed by atoms with Gasteiger partial charge in [0.05, 0.1) is 12.1 Å². The fourth-order valence-corrected chi connectivity index (χ4v) is 1.75. The summed E-state index contributed by atoms with van der Waals surface area (Å²) in [7, 11) is 0. The van der Waals surface area contributed by atoms with E-state index in [0.29, 0.717) is 0 Å². The molecular weight excluding hydrogens is 198 g/mol. The van der Waals surface area contributed by atoms with Crippen molar-refractivity contribution in [3.63, 3.8) is 0 Å². The molecule has 2 N–H and O–H groups in total. The molecule has 0 bridgehead atoms. The summed E-state index contributed by atoms with van der Waals surface area (Å²) in [6.07, 6.45) is 3.72. The lowest BCUT2D eigenvalue weighted by molar-refractivity contribution is 0.415. The molecule has 0 aliphatic carbocycles. The molecule has 3 nitrogen and oxygen atoms in total. The highest BCUT2D eigenvalue weighted by Crippen LogP contribution is 2.22. The van der Waals surface area contributed by atoms with Crippen LogP contribution in [0.3, 0.4) is 0 Å². The molecule has 0 fully saturated rings. The minimum Gasteiger partial charge on any atom is -0.322 e. The monoisotopic (exact) mass is 215 g/mol. The molecule has 84 valence electrons. The Balaban J connectivity index is 2.19. The zero-order valence-electron chi connectivity index (χ0n) is 9.67. The zero-order valence-corrected chi connectivity index (χ0v) is 9.67. The highest BCUT2D eigenvalue weighted by molar-refractivity contribution is 5.24. The molecule has 0 aliphatic rings. The van der Waals surface area contributed by atoms with Crippen molar-refractivity contribution in [3.05, 3.63) is 53.9 Å². The van der Waals surface area contributed by atoms with Crippen molar-refractivity contribution < 1.29 is 0 Å². The Morgan fingerprint density at radius 1 is 1.25 bits per heavy atom. The molecule has 0 saturated carbocycles. The number of aryl methyl sites for hydroxylation is 1. The number of rotatable bonds is 3. The molecule has 2 unspecified atom stereocenters. The van der Waals surface area contributed by atoms with Gasteiger partial charge in [0, 0.05) is 12.4 Å². The minimum absolute atomic E-state index is 0.0273. The molecule has 1 aromatic carbocycles. The standard InChI is InChI=1S/C13H17N3/c1-10-4-6-12(7-5-10)13(14)11(2)16-9-3-8-15-16/h3-9,11,13H,14H2,1-2H3. The second-order valence-electron chi connectivity index (χ2n) is 4.16. The SMILES string of the molecule is Cc1ccc(C(N)C(C)n2cccn2)cc1. The van der Waals surface area contributed by atoms with Crippen LogP contribution in [0.2, 0.25) is 0 Å². The van der Waals surface area contributed by atoms with E-state index in [1.54, 1.807) is 6.20 Å². The Morgan fingerprint density at radius 3 is 2.50 bits per heavy atom. The van der Waals surface area contributed by atoms with Gasteiger partial charge < -0.3 is 5.73 Å². The number of hydrogen-bond acceptors (Lipinski definition) is 2. The van der Waals surface area contributed by atoms with Gasteiger partial charge in [-0.3, -0.25) is 4.68 Å². The third-order valence-corrected chi connectivity index (χ3v) is 2.92. The number of aromatic nitrogens is 2. The van der Waals surface area contributed by atoms with Crippen molar-refractivity contribution in [2.75, 3.05) is 0 Å².